The topological polar surface area (TPSA) is 101 Å². The molecule has 0 unspecified atom stereocenters. The van der Waals surface area contributed by atoms with E-state index in [0.717, 1.165) is 6.33 Å². The Morgan fingerprint density at radius 2 is 2.29 bits per heavy atom. The van der Waals surface area contributed by atoms with Crippen molar-refractivity contribution in [3.63, 3.8) is 0 Å². The van der Waals surface area contributed by atoms with E-state index in [1.807, 2.05) is 0 Å². The van der Waals surface area contributed by atoms with Crippen LogP contribution in [0.25, 0.3) is 11.0 Å². The SMILES string of the molecule is O=C(O)Cn1ncc2c(O)ncnc21. The molecule has 0 aliphatic rings. The van der Waals surface area contributed by atoms with Crippen molar-refractivity contribution in [2.45, 2.75) is 6.54 Å². The van der Waals surface area contributed by atoms with Gasteiger partial charge in [0.1, 0.15) is 18.3 Å². The molecule has 0 aliphatic carbocycles. The Bertz CT molecular complexity index is 493. The number of fused-ring (bicyclic) bond motifs is 1. The maximum absolute atomic E-state index is 10.4. The zero-order valence-electron chi connectivity index (χ0n) is 6.95. The van der Waals surface area contributed by atoms with E-state index in [4.69, 9.17) is 5.11 Å². The lowest BCUT2D eigenvalue weighted by atomic mass is 10.4. The first kappa shape index (κ1) is 8.42. The zero-order chi connectivity index (χ0) is 10.1. The quantitative estimate of drug-likeness (QED) is 0.675. The highest BCUT2D eigenvalue weighted by Gasteiger charge is 2.10. The zero-order valence-corrected chi connectivity index (χ0v) is 6.95. The van der Waals surface area contributed by atoms with Gasteiger partial charge in [-0.1, -0.05) is 0 Å². The first-order valence-corrected chi connectivity index (χ1v) is 3.76. The molecular formula is C7H6N4O3. The Hall–Kier alpha value is -2.18. The molecule has 2 aromatic heterocycles. The van der Waals surface area contributed by atoms with E-state index in [9.17, 15) is 9.90 Å². The molecule has 2 heterocycles. The Balaban J connectivity index is 2.58. The fourth-order valence-electron chi connectivity index (χ4n) is 1.12. The third-order valence-electron chi connectivity index (χ3n) is 1.70. The molecule has 0 aliphatic heterocycles. The summed E-state index contributed by atoms with van der Waals surface area (Å²) < 4.78 is 1.18. The van der Waals surface area contributed by atoms with Crippen molar-refractivity contribution in [2.75, 3.05) is 0 Å². The summed E-state index contributed by atoms with van der Waals surface area (Å²) in [5, 5.41) is 21.9. The maximum atomic E-state index is 10.4. The van der Waals surface area contributed by atoms with E-state index in [-0.39, 0.29) is 12.4 Å². The van der Waals surface area contributed by atoms with E-state index < -0.39 is 5.97 Å². The third-order valence-corrected chi connectivity index (χ3v) is 1.70. The number of aliphatic carboxylic acids is 1. The van der Waals surface area contributed by atoms with Gasteiger partial charge in [0.2, 0.25) is 5.88 Å². The van der Waals surface area contributed by atoms with Gasteiger partial charge in [-0.05, 0) is 0 Å². The number of carboxylic acid groups (broad SMARTS) is 1. The van der Waals surface area contributed by atoms with Gasteiger partial charge in [0.05, 0.1) is 6.20 Å². The Kier molecular flexibility index (Phi) is 1.77. The van der Waals surface area contributed by atoms with Crippen LogP contribution in [0.1, 0.15) is 0 Å². The normalized spacial score (nSPS) is 10.6. The van der Waals surface area contributed by atoms with E-state index >= 15 is 0 Å². The summed E-state index contributed by atoms with van der Waals surface area (Å²) in [6, 6.07) is 0. The van der Waals surface area contributed by atoms with Crippen LogP contribution in [-0.2, 0) is 11.3 Å². The summed E-state index contributed by atoms with van der Waals surface area (Å²) in [5.74, 6) is -1.22. The number of aromatic nitrogens is 4. The van der Waals surface area contributed by atoms with E-state index in [1.54, 1.807) is 0 Å². The van der Waals surface area contributed by atoms with E-state index in [1.165, 1.54) is 10.9 Å². The van der Waals surface area contributed by atoms with Gasteiger partial charge in [-0.25, -0.2) is 14.6 Å². The van der Waals surface area contributed by atoms with Crippen molar-refractivity contribution in [3.05, 3.63) is 12.5 Å². The molecule has 0 aromatic carbocycles. The third kappa shape index (κ3) is 1.24. The number of carbonyl (C=O) groups is 1. The minimum atomic E-state index is -1.02. The second-order valence-electron chi connectivity index (χ2n) is 2.63. The van der Waals surface area contributed by atoms with Gasteiger partial charge in [-0.3, -0.25) is 4.79 Å². The van der Waals surface area contributed by atoms with Crippen LogP contribution in [-0.4, -0.2) is 35.9 Å². The molecule has 0 atom stereocenters. The van der Waals surface area contributed by atoms with Crippen LogP contribution >= 0.6 is 0 Å². The molecule has 0 bridgehead atoms. The van der Waals surface area contributed by atoms with Crippen LogP contribution in [0.5, 0.6) is 5.88 Å². The lowest BCUT2D eigenvalue weighted by molar-refractivity contribution is -0.137. The Labute approximate surface area is 77.6 Å². The largest absolute Gasteiger partial charge is 0.493 e. The second-order valence-corrected chi connectivity index (χ2v) is 2.63. The molecular weight excluding hydrogens is 188 g/mol. The van der Waals surface area contributed by atoms with Gasteiger partial charge in [0, 0.05) is 0 Å². The molecule has 0 spiro atoms. The van der Waals surface area contributed by atoms with Crippen LogP contribution in [0.3, 0.4) is 0 Å². The van der Waals surface area contributed by atoms with Gasteiger partial charge < -0.3 is 10.2 Å². The Morgan fingerprint density at radius 1 is 1.50 bits per heavy atom. The van der Waals surface area contributed by atoms with Crippen LogP contribution < -0.4 is 0 Å². The van der Waals surface area contributed by atoms with Crippen LogP contribution in [0.15, 0.2) is 12.5 Å². The summed E-state index contributed by atoms with van der Waals surface area (Å²) in [6.45, 7) is -0.292. The number of hydrogen-bond acceptors (Lipinski definition) is 5. The van der Waals surface area contributed by atoms with Crippen molar-refractivity contribution in [1.82, 2.24) is 19.7 Å². The molecule has 2 rings (SSSR count). The summed E-state index contributed by atoms with van der Waals surface area (Å²) in [5.41, 5.74) is 0.305. The molecule has 72 valence electrons. The minimum absolute atomic E-state index is 0.202. The molecule has 7 nitrogen and oxygen atoms in total. The molecule has 7 heteroatoms. The van der Waals surface area contributed by atoms with Gasteiger partial charge in [-0.2, -0.15) is 5.10 Å². The number of aromatic hydroxyl groups is 1. The van der Waals surface area contributed by atoms with E-state index in [2.05, 4.69) is 15.1 Å². The highest BCUT2D eigenvalue weighted by molar-refractivity contribution is 5.80. The average molecular weight is 194 g/mol. The maximum Gasteiger partial charge on any atom is 0.325 e. The molecule has 0 radical (unpaired) electrons. The van der Waals surface area contributed by atoms with Crippen LogP contribution in [0.2, 0.25) is 0 Å². The van der Waals surface area contributed by atoms with Crippen molar-refractivity contribution in [2.24, 2.45) is 0 Å². The monoisotopic (exact) mass is 194 g/mol. The second kappa shape index (κ2) is 2.95. The number of nitrogens with zero attached hydrogens (tertiary/aromatic N) is 4. The summed E-state index contributed by atoms with van der Waals surface area (Å²) in [7, 11) is 0. The standard InChI is InChI=1S/C7H6N4O3/c12-5(13)2-11-6-4(1-10-11)7(14)9-3-8-6/h1,3H,2H2,(H,12,13)(H,8,9,14). The van der Waals surface area contributed by atoms with Gasteiger partial charge >= 0.3 is 5.97 Å². The average Bonchev–Trinajstić information content (AvgIpc) is 2.49. The smallest absolute Gasteiger partial charge is 0.325 e. The molecule has 0 saturated carbocycles. The van der Waals surface area contributed by atoms with E-state index in [0.29, 0.717) is 11.0 Å². The van der Waals surface area contributed by atoms with Crippen molar-refractivity contribution < 1.29 is 15.0 Å². The highest BCUT2D eigenvalue weighted by atomic mass is 16.4. The molecule has 0 amide bonds. The number of carboxylic acids is 1. The lowest BCUT2D eigenvalue weighted by Crippen LogP contribution is -2.10. The molecule has 2 N–H and O–H groups in total. The fourth-order valence-corrected chi connectivity index (χ4v) is 1.12. The summed E-state index contributed by atoms with van der Waals surface area (Å²) in [4.78, 5) is 17.8. The Morgan fingerprint density at radius 3 is 3.00 bits per heavy atom. The first-order chi connectivity index (χ1) is 6.68. The summed E-state index contributed by atoms with van der Waals surface area (Å²) >= 11 is 0. The molecule has 14 heavy (non-hydrogen) atoms. The summed E-state index contributed by atoms with van der Waals surface area (Å²) in [6.07, 6.45) is 2.48. The molecule has 0 saturated heterocycles. The van der Waals surface area contributed by atoms with Crippen molar-refractivity contribution in [3.8, 4) is 5.88 Å². The van der Waals surface area contributed by atoms with Crippen LogP contribution in [0.4, 0.5) is 0 Å². The van der Waals surface area contributed by atoms with Crippen LogP contribution in [0, 0.1) is 0 Å². The first-order valence-electron chi connectivity index (χ1n) is 3.76. The highest BCUT2D eigenvalue weighted by Crippen LogP contribution is 2.18. The van der Waals surface area contributed by atoms with Crippen molar-refractivity contribution in [1.29, 1.82) is 0 Å². The predicted molar refractivity (Wildman–Crippen MR) is 44.6 cm³/mol. The van der Waals surface area contributed by atoms with Gasteiger partial charge in [0.25, 0.3) is 0 Å². The predicted octanol–water partition coefficient (Wildman–Crippen LogP) is -0.384. The fraction of sp³-hybridized carbons (Fsp3) is 0.143. The van der Waals surface area contributed by atoms with Crippen molar-refractivity contribution >= 4 is 17.0 Å². The number of rotatable bonds is 2. The molecule has 0 fully saturated rings. The molecule has 2 aromatic rings. The lowest BCUT2D eigenvalue weighted by Gasteiger charge is -1.97. The van der Waals surface area contributed by atoms with Gasteiger partial charge in [0.15, 0.2) is 5.65 Å². The number of hydrogen-bond donors (Lipinski definition) is 2. The minimum Gasteiger partial charge on any atom is -0.493 e. The van der Waals surface area contributed by atoms with Gasteiger partial charge in [-0.15, -0.1) is 0 Å².